The summed E-state index contributed by atoms with van der Waals surface area (Å²) >= 11 is 0. The fraction of sp³-hybridized carbons (Fsp3) is 0.381. The van der Waals surface area contributed by atoms with Crippen LogP contribution in [-0.4, -0.2) is 33.2 Å². The molecule has 0 aliphatic carbocycles. The molecule has 1 aromatic carbocycles. The predicted molar refractivity (Wildman–Crippen MR) is 104 cm³/mol. The van der Waals surface area contributed by atoms with Crippen LogP contribution in [-0.2, 0) is 20.6 Å². The maximum atomic E-state index is 11.8. The highest BCUT2D eigenvalue weighted by atomic mass is 16.5. The van der Waals surface area contributed by atoms with Gasteiger partial charge in [0, 0.05) is 57.6 Å². The van der Waals surface area contributed by atoms with Crippen LogP contribution in [0.1, 0.15) is 18.4 Å². The molecule has 0 spiro atoms. The zero-order chi connectivity index (χ0) is 18.1. The van der Waals surface area contributed by atoms with E-state index >= 15 is 0 Å². The molecule has 1 aliphatic rings. The van der Waals surface area contributed by atoms with Gasteiger partial charge in [0.25, 0.3) is 5.56 Å². The van der Waals surface area contributed by atoms with Crippen LogP contribution in [0, 0.1) is 0 Å². The highest BCUT2D eigenvalue weighted by Gasteiger charge is 2.21. The van der Waals surface area contributed by atoms with Crippen LogP contribution in [0.5, 0.6) is 5.75 Å². The van der Waals surface area contributed by atoms with Gasteiger partial charge in [0.05, 0.1) is 5.52 Å². The summed E-state index contributed by atoms with van der Waals surface area (Å²) in [6.07, 6.45) is 6.18. The maximum Gasteiger partial charge on any atom is 0.250 e. The number of fused-ring (bicyclic) bond motifs is 1. The number of nitrogens with zero attached hydrogens (tertiary/aromatic N) is 3. The van der Waals surface area contributed by atoms with E-state index in [4.69, 9.17) is 4.74 Å². The third-order valence-corrected chi connectivity index (χ3v) is 5.29. The van der Waals surface area contributed by atoms with Gasteiger partial charge in [0.15, 0.2) is 0 Å². The Balaban J connectivity index is 1.37. The molecule has 0 radical (unpaired) electrons. The lowest BCUT2D eigenvalue weighted by Crippen LogP contribution is -2.38. The molecule has 0 bridgehead atoms. The first-order valence-corrected chi connectivity index (χ1v) is 9.19. The fourth-order valence-corrected chi connectivity index (χ4v) is 3.69. The summed E-state index contributed by atoms with van der Waals surface area (Å²) in [6, 6.07) is 12.1. The van der Waals surface area contributed by atoms with Crippen molar-refractivity contribution in [1.29, 1.82) is 0 Å². The zero-order valence-corrected chi connectivity index (χ0v) is 15.4. The number of rotatable bonds is 4. The third kappa shape index (κ3) is 3.40. The molecule has 5 nitrogen and oxygen atoms in total. The maximum absolute atomic E-state index is 11.8. The topological polar surface area (TPSA) is 39.4 Å². The van der Waals surface area contributed by atoms with E-state index in [1.54, 1.807) is 17.7 Å². The van der Waals surface area contributed by atoms with Gasteiger partial charge in [-0.15, -0.1) is 0 Å². The SMILES string of the molecule is Cn1ccc(CN2CCC(Oc3cccc4c3ccn4C)CC2)cc1=O. The van der Waals surface area contributed by atoms with Crippen molar-refractivity contribution in [2.24, 2.45) is 14.1 Å². The minimum Gasteiger partial charge on any atom is -0.490 e. The van der Waals surface area contributed by atoms with Gasteiger partial charge in [-0.2, -0.15) is 0 Å². The first-order valence-electron chi connectivity index (χ1n) is 9.19. The third-order valence-electron chi connectivity index (χ3n) is 5.29. The molecule has 0 N–H and O–H groups in total. The summed E-state index contributed by atoms with van der Waals surface area (Å²) < 4.78 is 10.0. The largest absolute Gasteiger partial charge is 0.490 e. The van der Waals surface area contributed by atoms with Crippen molar-refractivity contribution in [3.8, 4) is 5.75 Å². The Morgan fingerprint density at radius 1 is 1.04 bits per heavy atom. The van der Waals surface area contributed by atoms with E-state index in [9.17, 15) is 4.79 Å². The smallest absolute Gasteiger partial charge is 0.250 e. The van der Waals surface area contributed by atoms with Crippen LogP contribution in [0.4, 0.5) is 0 Å². The molecule has 136 valence electrons. The molecule has 5 heteroatoms. The number of pyridine rings is 1. The van der Waals surface area contributed by atoms with Crippen LogP contribution in [0.3, 0.4) is 0 Å². The molecule has 3 heterocycles. The molecular weight excluding hydrogens is 326 g/mol. The summed E-state index contributed by atoms with van der Waals surface area (Å²) in [7, 11) is 3.84. The van der Waals surface area contributed by atoms with Gasteiger partial charge < -0.3 is 13.9 Å². The molecular formula is C21H25N3O2. The Kier molecular flexibility index (Phi) is 4.55. The number of aryl methyl sites for hydroxylation is 2. The molecule has 1 fully saturated rings. The number of hydrogen-bond acceptors (Lipinski definition) is 3. The summed E-state index contributed by atoms with van der Waals surface area (Å²) in [5, 5.41) is 1.18. The normalized spacial score (nSPS) is 16.2. The fourth-order valence-electron chi connectivity index (χ4n) is 3.69. The first-order chi connectivity index (χ1) is 12.6. The van der Waals surface area contributed by atoms with E-state index < -0.39 is 0 Å². The number of ether oxygens (including phenoxy) is 1. The van der Waals surface area contributed by atoms with Crippen molar-refractivity contribution in [2.75, 3.05) is 13.1 Å². The minimum absolute atomic E-state index is 0.0525. The molecule has 0 unspecified atom stereocenters. The molecule has 0 amide bonds. The lowest BCUT2D eigenvalue weighted by molar-refractivity contribution is 0.0979. The van der Waals surface area contributed by atoms with Crippen molar-refractivity contribution in [3.05, 3.63) is 64.7 Å². The second-order valence-corrected chi connectivity index (χ2v) is 7.19. The van der Waals surface area contributed by atoms with Crippen molar-refractivity contribution in [1.82, 2.24) is 14.0 Å². The summed E-state index contributed by atoms with van der Waals surface area (Å²) in [4.78, 5) is 14.2. The lowest BCUT2D eigenvalue weighted by Gasteiger charge is -2.32. The highest BCUT2D eigenvalue weighted by molar-refractivity contribution is 5.86. The molecule has 3 aromatic rings. The molecule has 26 heavy (non-hydrogen) atoms. The van der Waals surface area contributed by atoms with Crippen LogP contribution < -0.4 is 10.3 Å². The molecule has 1 aliphatic heterocycles. The summed E-state index contributed by atoms with van der Waals surface area (Å²) in [5.74, 6) is 0.980. The van der Waals surface area contributed by atoms with Crippen molar-refractivity contribution in [2.45, 2.75) is 25.5 Å². The molecule has 0 saturated carbocycles. The van der Waals surface area contributed by atoms with E-state index in [1.165, 1.54) is 10.9 Å². The van der Waals surface area contributed by atoms with Crippen LogP contribution in [0.15, 0.2) is 53.6 Å². The van der Waals surface area contributed by atoms with Gasteiger partial charge in [-0.05, 0) is 42.7 Å². The van der Waals surface area contributed by atoms with Gasteiger partial charge in [-0.25, -0.2) is 0 Å². The Hall–Kier alpha value is -2.53. The van der Waals surface area contributed by atoms with Gasteiger partial charge in [0.1, 0.15) is 11.9 Å². The van der Waals surface area contributed by atoms with Crippen molar-refractivity contribution >= 4 is 10.9 Å². The van der Waals surface area contributed by atoms with E-state index in [0.717, 1.165) is 43.8 Å². The standard InChI is InChI=1S/C21H25N3O2/c1-22-11-9-18-19(22)4-3-5-20(18)26-17-7-12-24(13-8-17)15-16-6-10-23(2)21(25)14-16/h3-6,9-11,14,17H,7-8,12-13,15H2,1-2H3. The van der Waals surface area contributed by atoms with Gasteiger partial charge >= 0.3 is 0 Å². The quantitative estimate of drug-likeness (QED) is 0.726. The average Bonchev–Trinajstić information content (AvgIpc) is 3.02. The monoisotopic (exact) mass is 351 g/mol. The minimum atomic E-state index is 0.0525. The number of benzene rings is 1. The van der Waals surface area contributed by atoms with Gasteiger partial charge in [-0.3, -0.25) is 9.69 Å². The molecule has 2 aromatic heterocycles. The first kappa shape index (κ1) is 16.9. The Labute approximate surface area is 153 Å². The second-order valence-electron chi connectivity index (χ2n) is 7.19. The highest BCUT2D eigenvalue weighted by Crippen LogP contribution is 2.28. The van der Waals surface area contributed by atoms with E-state index in [2.05, 4.69) is 47.0 Å². The lowest BCUT2D eigenvalue weighted by atomic mass is 10.1. The Morgan fingerprint density at radius 3 is 2.58 bits per heavy atom. The Morgan fingerprint density at radius 2 is 1.81 bits per heavy atom. The van der Waals surface area contributed by atoms with E-state index in [0.29, 0.717) is 0 Å². The molecule has 4 rings (SSSR count). The van der Waals surface area contributed by atoms with Gasteiger partial charge in [0.2, 0.25) is 0 Å². The Bertz CT molecular complexity index is 965. The van der Waals surface area contributed by atoms with Crippen LogP contribution in [0.2, 0.25) is 0 Å². The second kappa shape index (κ2) is 7.00. The van der Waals surface area contributed by atoms with E-state index in [-0.39, 0.29) is 11.7 Å². The molecule has 0 atom stereocenters. The summed E-state index contributed by atoms with van der Waals surface area (Å²) in [6.45, 7) is 2.81. The van der Waals surface area contributed by atoms with Crippen molar-refractivity contribution in [3.63, 3.8) is 0 Å². The average molecular weight is 351 g/mol. The number of hydrogen-bond donors (Lipinski definition) is 0. The summed E-state index contributed by atoms with van der Waals surface area (Å²) in [5.41, 5.74) is 2.34. The number of likely N-dealkylation sites (tertiary alicyclic amines) is 1. The predicted octanol–water partition coefficient (Wildman–Crippen LogP) is 2.92. The zero-order valence-electron chi connectivity index (χ0n) is 15.4. The van der Waals surface area contributed by atoms with Crippen molar-refractivity contribution < 1.29 is 4.74 Å². The molecule has 1 saturated heterocycles. The van der Waals surface area contributed by atoms with E-state index in [1.807, 2.05) is 12.3 Å². The van der Waals surface area contributed by atoms with Crippen LogP contribution in [0.25, 0.3) is 10.9 Å². The van der Waals surface area contributed by atoms with Crippen LogP contribution >= 0.6 is 0 Å². The number of piperidine rings is 1. The van der Waals surface area contributed by atoms with Gasteiger partial charge in [-0.1, -0.05) is 6.07 Å². The number of aromatic nitrogens is 2.